The number of amidine groups is 1. The molecule has 0 saturated heterocycles. The van der Waals surface area contributed by atoms with E-state index < -0.39 is 15.9 Å². The summed E-state index contributed by atoms with van der Waals surface area (Å²) in [6.07, 6.45) is 0.942. The van der Waals surface area contributed by atoms with E-state index in [1.165, 1.54) is 11.3 Å². The highest BCUT2D eigenvalue weighted by Gasteiger charge is 2.29. The van der Waals surface area contributed by atoms with Gasteiger partial charge in [0, 0.05) is 27.8 Å². The molecule has 0 saturated carbocycles. The minimum absolute atomic E-state index is 0.260. The van der Waals surface area contributed by atoms with E-state index in [-0.39, 0.29) is 11.1 Å². The predicted molar refractivity (Wildman–Crippen MR) is 119 cm³/mol. The van der Waals surface area contributed by atoms with Crippen molar-refractivity contribution in [3.8, 4) is 11.3 Å². The Labute approximate surface area is 179 Å². The van der Waals surface area contributed by atoms with Crippen molar-refractivity contribution >= 4 is 38.8 Å². The van der Waals surface area contributed by atoms with Crippen molar-refractivity contribution in [2.24, 2.45) is 4.99 Å². The van der Waals surface area contributed by atoms with Gasteiger partial charge >= 0.3 is 0 Å². The fraction of sp³-hybridized carbons (Fsp3) is 0.190. The van der Waals surface area contributed by atoms with Crippen molar-refractivity contribution < 1.29 is 13.2 Å². The number of fused-ring (bicyclic) bond motifs is 1. The number of anilines is 1. The van der Waals surface area contributed by atoms with Gasteiger partial charge in [0.25, 0.3) is 5.91 Å². The molecule has 0 spiro atoms. The molecule has 0 atom stereocenters. The highest BCUT2D eigenvalue weighted by Crippen LogP contribution is 2.36. The van der Waals surface area contributed by atoms with E-state index in [4.69, 9.17) is 9.98 Å². The van der Waals surface area contributed by atoms with Gasteiger partial charge < -0.3 is 5.32 Å². The van der Waals surface area contributed by atoms with E-state index in [2.05, 4.69) is 25.2 Å². The Hall–Kier alpha value is -3.04. The zero-order valence-corrected chi connectivity index (χ0v) is 18.3. The number of carbonyl (C=O) groups is 1. The number of hydrogen-bond donors (Lipinski definition) is 2. The van der Waals surface area contributed by atoms with Crippen LogP contribution in [0.3, 0.4) is 0 Å². The molecule has 4 rings (SSSR count). The van der Waals surface area contributed by atoms with Crippen LogP contribution in [-0.4, -0.2) is 31.4 Å². The van der Waals surface area contributed by atoms with Crippen LogP contribution in [0.15, 0.2) is 58.9 Å². The number of nitrogens with one attached hydrogen (secondary N) is 2. The highest BCUT2D eigenvalue weighted by molar-refractivity contribution is 7.89. The maximum Gasteiger partial charge on any atom is 0.264 e. The van der Waals surface area contributed by atoms with Gasteiger partial charge in [0.2, 0.25) is 10.0 Å². The number of rotatable bonds is 4. The molecule has 0 unspecified atom stereocenters. The lowest BCUT2D eigenvalue weighted by Gasteiger charge is -2.30. The molecule has 1 aromatic heterocycles. The van der Waals surface area contributed by atoms with Crippen LogP contribution < -0.4 is 10.0 Å². The molecule has 3 aromatic rings. The van der Waals surface area contributed by atoms with Crippen molar-refractivity contribution in [2.75, 3.05) is 11.6 Å². The maximum atomic E-state index is 12.0. The summed E-state index contributed by atoms with van der Waals surface area (Å²) < 4.78 is 24.4. The number of aromatic nitrogens is 1. The Kier molecular flexibility index (Phi) is 4.95. The second kappa shape index (κ2) is 7.33. The summed E-state index contributed by atoms with van der Waals surface area (Å²) >= 11 is 1.48. The topological polar surface area (TPSA) is 101 Å². The number of amides is 1. The van der Waals surface area contributed by atoms with E-state index >= 15 is 0 Å². The first-order chi connectivity index (χ1) is 14.1. The average Bonchev–Trinajstić information content (AvgIpc) is 3.16. The van der Waals surface area contributed by atoms with Gasteiger partial charge in [0.15, 0.2) is 10.8 Å². The molecule has 0 fully saturated rings. The van der Waals surface area contributed by atoms with Gasteiger partial charge in [-0.15, -0.1) is 11.3 Å². The Morgan fingerprint density at radius 1 is 1.10 bits per heavy atom. The van der Waals surface area contributed by atoms with Crippen LogP contribution in [0.5, 0.6) is 0 Å². The fourth-order valence-electron chi connectivity index (χ4n) is 3.26. The normalized spacial score (nSPS) is 15.0. The predicted octanol–water partition coefficient (Wildman–Crippen LogP) is 3.61. The summed E-state index contributed by atoms with van der Waals surface area (Å²) in [7, 11) is -3.60. The number of nitrogens with zero attached hydrogens (tertiary/aromatic N) is 2. The van der Waals surface area contributed by atoms with Crippen LogP contribution in [-0.2, 0) is 15.6 Å². The van der Waals surface area contributed by atoms with Crippen molar-refractivity contribution in [1.82, 2.24) is 9.71 Å². The van der Waals surface area contributed by atoms with Crippen molar-refractivity contribution in [1.29, 1.82) is 0 Å². The molecule has 7 nitrogen and oxygen atoms in total. The van der Waals surface area contributed by atoms with Gasteiger partial charge in [-0.3, -0.25) is 9.79 Å². The molecular formula is C21H20N4O3S2. The van der Waals surface area contributed by atoms with E-state index in [9.17, 15) is 13.2 Å². The summed E-state index contributed by atoms with van der Waals surface area (Å²) in [5.41, 5.74) is 3.63. The maximum absolute atomic E-state index is 12.0. The molecular weight excluding hydrogens is 420 g/mol. The minimum Gasteiger partial charge on any atom is -0.338 e. The molecule has 0 aliphatic carbocycles. The molecule has 154 valence electrons. The monoisotopic (exact) mass is 440 g/mol. The summed E-state index contributed by atoms with van der Waals surface area (Å²) in [4.78, 5) is 21.5. The van der Waals surface area contributed by atoms with Crippen LogP contribution in [0, 0.1) is 0 Å². The molecule has 1 aliphatic heterocycles. The number of thiazole rings is 1. The summed E-state index contributed by atoms with van der Waals surface area (Å²) in [5.74, 6) is 0.0591. The van der Waals surface area contributed by atoms with E-state index in [1.807, 2.05) is 28.3 Å². The SMILES string of the molecule is CC1(C)N=C(c2nc(-c3ccc(C(=O)NS(C)(=O)=O)cc3)cs2)Nc2ccccc21. The Morgan fingerprint density at radius 3 is 2.50 bits per heavy atom. The lowest BCUT2D eigenvalue weighted by atomic mass is 9.92. The molecule has 1 aliphatic rings. The van der Waals surface area contributed by atoms with Gasteiger partial charge in [0.1, 0.15) is 0 Å². The number of sulfonamides is 1. The molecule has 0 radical (unpaired) electrons. The fourth-order valence-corrected chi connectivity index (χ4v) is 4.48. The third kappa shape index (κ3) is 4.12. The third-order valence-electron chi connectivity index (χ3n) is 4.66. The Morgan fingerprint density at radius 2 is 1.80 bits per heavy atom. The number of carbonyl (C=O) groups excluding carboxylic acids is 1. The average molecular weight is 441 g/mol. The molecule has 1 amide bonds. The smallest absolute Gasteiger partial charge is 0.264 e. The summed E-state index contributed by atoms with van der Waals surface area (Å²) in [6, 6.07) is 14.7. The first-order valence-electron chi connectivity index (χ1n) is 9.17. The largest absolute Gasteiger partial charge is 0.338 e. The van der Waals surface area contributed by atoms with E-state index in [1.54, 1.807) is 24.3 Å². The quantitative estimate of drug-likeness (QED) is 0.646. The minimum atomic E-state index is -3.60. The van der Waals surface area contributed by atoms with Gasteiger partial charge in [-0.25, -0.2) is 18.1 Å². The van der Waals surface area contributed by atoms with Crippen molar-refractivity contribution in [2.45, 2.75) is 19.4 Å². The van der Waals surface area contributed by atoms with Gasteiger partial charge in [0.05, 0.1) is 17.5 Å². The standard InChI is InChI=1S/C21H20N4O3S2/c1-21(2)15-6-4-5-7-16(15)22-18(24-21)20-23-17(12-29-20)13-8-10-14(11-9-13)19(26)25-30(3,27)28/h4-12H,1-3H3,(H,22,24)(H,25,26). The molecule has 0 bridgehead atoms. The molecule has 2 aromatic carbocycles. The van der Waals surface area contributed by atoms with Crippen LogP contribution in [0.25, 0.3) is 11.3 Å². The van der Waals surface area contributed by atoms with Crippen LogP contribution >= 0.6 is 11.3 Å². The van der Waals surface area contributed by atoms with Gasteiger partial charge in [-0.05, 0) is 32.0 Å². The van der Waals surface area contributed by atoms with E-state index in [0.29, 0.717) is 0 Å². The zero-order valence-electron chi connectivity index (χ0n) is 16.6. The number of benzene rings is 2. The third-order valence-corrected chi connectivity index (χ3v) is 6.06. The summed E-state index contributed by atoms with van der Waals surface area (Å²) in [5, 5.41) is 6.07. The van der Waals surface area contributed by atoms with Crippen LogP contribution in [0.2, 0.25) is 0 Å². The first kappa shape index (κ1) is 20.2. The van der Waals surface area contributed by atoms with E-state index in [0.717, 1.165) is 39.6 Å². The second-order valence-electron chi connectivity index (χ2n) is 7.51. The number of aliphatic imine (C=N–C) groups is 1. The first-order valence-corrected chi connectivity index (χ1v) is 11.9. The van der Waals surface area contributed by atoms with Gasteiger partial charge in [-0.1, -0.05) is 30.3 Å². The Balaban J connectivity index is 1.58. The zero-order chi connectivity index (χ0) is 21.5. The second-order valence-corrected chi connectivity index (χ2v) is 10.1. The Bertz CT molecular complexity index is 1260. The number of hydrogen-bond acceptors (Lipinski definition) is 7. The van der Waals surface area contributed by atoms with Crippen LogP contribution in [0.1, 0.15) is 34.8 Å². The molecule has 2 heterocycles. The molecule has 30 heavy (non-hydrogen) atoms. The van der Waals surface area contributed by atoms with Crippen molar-refractivity contribution in [3.63, 3.8) is 0 Å². The highest BCUT2D eigenvalue weighted by atomic mass is 32.2. The number of para-hydroxylation sites is 1. The lowest BCUT2D eigenvalue weighted by Crippen LogP contribution is -2.29. The lowest BCUT2D eigenvalue weighted by molar-refractivity contribution is 0.0981. The molecule has 9 heteroatoms. The summed E-state index contributed by atoms with van der Waals surface area (Å²) in [6.45, 7) is 4.14. The van der Waals surface area contributed by atoms with Crippen molar-refractivity contribution in [3.05, 3.63) is 70.0 Å². The molecule has 2 N–H and O–H groups in total. The van der Waals surface area contributed by atoms with Crippen LogP contribution in [0.4, 0.5) is 5.69 Å². The van der Waals surface area contributed by atoms with Gasteiger partial charge in [-0.2, -0.15) is 0 Å².